The number of morpholine rings is 1. The lowest BCUT2D eigenvalue weighted by atomic mass is 10.2. The maximum atomic E-state index is 5.42. The Labute approximate surface area is 172 Å². The predicted octanol–water partition coefficient (Wildman–Crippen LogP) is 2.84. The van der Waals surface area contributed by atoms with Gasteiger partial charge in [0, 0.05) is 24.5 Å². The second-order valence-electron chi connectivity index (χ2n) is 6.94. The van der Waals surface area contributed by atoms with Crippen molar-refractivity contribution in [2.75, 3.05) is 36.5 Å². The Bertz CT molecular complexity index is 1240. The highest BCUT2D eigenvalue weighted by Gasteiger charge is 2.11. The number of imidazole rings is 1. The van der Waals surface area contributed by atoms with Crippen LogP contribution in [-0.2, 0) is 4.74 Å². The van der Waals surface area contributed by atoms with E-state index in [1.165, 1.54) is 10.4 Å². The molecular weight excluding hydrogens is 382 g/mol. The lowest BCUT2D eigenvalue weighted by Gasteiger charge is -2.28. The first-order valence-electron chi connectivity index (χ1n) is 9.54. The molecule has 2 N–H and O–H groups in total. The number of hydrogen-bond donors (Lipinski definition) is 2. The van der Waals surface area contributed by atoms with E-state index >= 15 is 0 Å². The summed E-state index contributed by atoms with van der Waals surface area (Å²) in [6, 6.07) is 14.6. The highest BCUT2D eigenvalue weighted by atomic mass is 32.1. The molecule has 0 atom stereocenters. The summed E-state index contributed by atoms with van der Waals surface area (Å²) in [5.41, 5.74) is 6.16. The van der Waals surface area contributed by atoms with Crippen molar-refractivity contribution in [2.45, 2.75) is 0 Å². The summed E-state index contributed by atoms with van der Waals surface area (Å²) in [4.78, 5) is 14.5. The zero-order chi connectivity index (χ0) is 19.6. The zero-order valence-corrected chi connectivity index (χ0v) is 16.7. The van der Waals surface area contributed by atoms with Gasteiger partial charge in [0.25, 0.3) is 0 Å². The van der Waals surface area contributed by atoms with Crippen molar-refractivity contribution in [1.82, 2.24) is 15.0 Å². The molecule has 0 aliphatic carbocycles. The number of aromatic nitrogens is 3. The SMILES string of the molecule is C=c1[nH]c(Nc2ccc(N3CCOCC3)cc2)n/c1=C\c1ccc2ncsc2c1. The van der Waals surface area contributed by atoms with E-state index in [0.29, 0.717) is 5.95 Å². The van der Waals surface area contributed by atoms with Crippen molar-refractivity contribution >= 4 is 51.5 Å². The standard InChI is InChI=1S/C22H21N5OS/c1-15-20(12-16-2-7-19-21(13-16)29-14-23-19)26-22(24-15)25-17-3-5-18(6-4-17)27-8-10-28-11-9-27/h2-7,12-14H,1,8-11H2,(H2,24,25,26)/b20-12-. The first-order chi connectivity index (χ1) is 14.2. The number of thiazole rings is 1. The minimum Gasteiger partial charge on any atom is -0.378 e. The lowest BCUT2D eigenvalue weighted by molar-refractivity contribution is 0.122. The minimum absolute atomic E-state index is 0.680. The molecular formula is C22H21N5OS. The van der Waals surface area contributed by atoms with Crippen LogP contribution in [0.5, 0.6) is 0 Å². The summed E-state index contributed by atoms with van der Waals surface area (Å²) in [5.74, 6) is 0.680. The third-order valence-corrected chi connectivity index (χ3v) is 5.77. The van der Waals surface area contributed by atoms with Gasteiger partial charge in [-0.3, -0.25) is 0 Å². The molecule has 1 aliphatic rings. The van der Waals surface area contributed by atoms with Crippen molar-refractivity contribution in [1.29, 1.82) is 0 Å². The molecule has 0 unspecified atom stereocenters. The lowest BCUT2D eigenvalue weighted by Crippen LogP contribution is -2.36. The number of benzene rings is 2. The first kappa shape index (κ1) is 17.9. The van der Waals surface area contributed by atoms with E-state index in [-0.39, 0.29) is 0 Å². The Morgan fingerprint density at radius 2 is 1.97 bits per heavy atom. The number of nitrogens with one attached hydrogen (secondary N) is 2. The van der Waals surface area contributed by atoms with Gasteiger partial charge in [-0.2, -0.15) is 0 Å². The molecule has 1 aliphatic heterocycles. The van der Waals surface area contributed by atoms with Crippen molar-refractivity contribution in [2.24, 2.45) is 0 Å². The van der Waals surface area contributed by atoms with Crippen LogP contribution < -0.4 is 20.9 Å². The molecule has 1 saturated heterocycles. The van der Waals surface area contributed by atoms with Crippen molar-refractivity contribution < 1.29 is 4.74 Å². The molecule has 6 nitrogen and oxygen atoms in total. The fourth-order valence-corrected chi connectivity index (χ4v) is 4.16. The number of rotatable bonds is 4. The van der Waals surface area contributed by atoms with Gasteiger partial charge < -0.3 is 19.9 Å². The molecule has 0 bridgehead atoms. The Hall–Kier alpha value is -3.16. The largest absolute Gasteiger partial charge is 0.378 e. The van der Waals surface area contributed by atoms with Gasteiger partial charge in [0.2, 0.25) is 5.95 Å². The average Bonchev–Trinajstić information content (AvgIpc) is 3.35. The molecule has 2 aromatic carbocycles. The molecule has 4 aromatic rings. The number of hydrogen-bond acceptors (Lipinski definition) is 6. The van der Waals surface area contributed by atoms with Crippen LogP contribution >= 0.6 is 11.3 Å². The van der Waals surface area contributed by atoms with Gasteiger partial charge in [-0.15, -0.1) is 11.3 Å². The minimum atomic E-state index is 0.680. The summed E-state index contributed by atoms with van der Waals surface area (Å²) in [6.07, 6.45) is 2.03. The maximum Gasteiger partial charge on any atom is 0.205 e. The molecule has 0 amide bonds. The zero-order valence-electron chi connectivity index (χ0n) is 15.9. The molecule has 0 saturated carbocycles. The van der Waals surface area contributed by atoms with E-state index in [4.69, 9.17) is 4.74 Å². The van der Waals surface area contributed by atoms with Gasteiger partial charge >= 0.3 is 0 Å². The van der Waals surface area contributed by atoms with Crippen molar-refractivity contribution in [3.8, 4) is 0 Å². The van der Waals surface area contributed by atoms with Gasteiger partial charge in [-0.1, -0.05) is 12.6 Å². The number of ether oxygens (including phenoxy) is 1. The normalized spacial score (nSPS) is 15.2. The second-order valence-corrected chi connectivity index (χ2v) is 7.83. The van der Waals surface area contributed by atoms with E-state index in [9.17, 15) is 0 Å². The van der Waals surface area contributed by atoms with Crippen molar-refractivity contribution in [3.05, 3.63) is 64.2 Å². The molecule has 1 fully saturated rings. The van der Waals surface area contributed by atoms with Crippen molar-refractivity contribution in [3.63, 3.8) is 0 Å². The molecule has 146 valence electrons. The summed E-state index contributed by atoms with van der Waals surface area (Å²) in [7, 11) is 0. The third kappa shape index (κ3) is 3.87. The Morgan fingerprint density at radius 3 is 2.79 bits per heavy atom. The van der Waals surface area contributed by atoms with E-state index in [0.717, 1.165) is 53.8 Å². The molecule has 2 aromatic heterocycles. The second kappa shape index (κ2) is 7.69. The molecule has 3 heterocycles. The summed E-state index contributed by atoms with van der Waals surface area (Å²) < 4.78 is 6.58. The third-order valence-electron chi connectivity index (χ3n) is 4.98. The summed E-state index contributed by atoms with van der Waals surface area (Å²) in [5, 5.41) is 4.93. The number of fused-ring (bicyclic) bond motifs is 1. The maximum absolute atomic E-state index is 5.42. The van der Waals surface area contributed by atoms with E-state index in [1.54, 1.807) is 11.3 Å². The first-order valence-corrected chi connectivity index (χ1v) is 10.4. The average molecular weight is 404 g/mol. The van der Waals surface area contributed by atoms with Crippen LogP contribution in [0.25, 0.3) is 22.9 Å². The quantitative estimate of drug-likeness (QED) is 0.549. The molecule has 0 radical (unpaired) electrons. The van der Waals surface area contributed by atoms with Crippen LogP contribution in [0.15, 0.2) is 48.0 Å². The number of aromatic amines is 1. The molecule has 7 heteroatoms. The summed E-state index contributed by atoms with van der Waals surface area (Å²) in [6.45, 7) is 7.53. The fraction of sp³-hybridized carbons (Fsp3) is 0.182. The Balaban J connectivity index is 1.35. The van der Waals surface area contributed by atoms with E-state index < -0.39 is 0 Å². The van der Waals surface area contributed by atoms with Gasteiger partial charge in [-0.25, -0.2) is 9.97 Å². The Morgan fingerprint density at radius 1 is 1.14 bits per heavy atom. The van der Waals surface area contributed by atoms with Crippen LogP contribution in [0.3, 0.4) is 0 Å². The number of nitrogens with zero attached hydrogens (tertiary/aromatic N) is 3. The Kier molecular flexibility index (Phi) is 4.75. The van der Waals surface area contributed by atoms with Crippen LogP contribution in [0, 0.1) is 0 Å². The van der Waals surface area contributed by atoms with Crippen LogP contribution in [0.1, 0.15) is 5.56 Å². The summed E-state index contributed by atoms with van der Waals surface area (Å²) >= 11 is 1.64. The van der Waals surface area contributed by atoms with Crippen LogP contribution in [0.4, 0.5) is 17.3 Å². The molecule has 0 spiro atoms. The topological polar surface area (TPSA) is 66.1 Å². The molecule has 29 heavy (non-hydrogen) atoms. The van der Waals surface area contributed by atoms with Gasteiger partial charge in [-0.05, 0) is 48.0 Å². The fourth-order valence-electron chi connectivity index (χ4n) is 3.43. The monoisotopic (exact) mass is 403 g/mol. The van der Waals surface area contributed by atoms with Gasteiger partial charge in [0.15, 0.2) is 0 Å². The van der Waals surface area contributed by atoms with E-state index in [2.05, 4.69) is 62.1 Å². The highest BCUT2D eigenvalue weighted by Crippen LogP contribution is 2.21. The van der Waals surface area contributed by atoms with Gasteiger partial charge in [0.05, 0.1) is 39.6 Å². The van der Waals surface area contributed by atoms with Crippen LogP contribution in [0.2, 0.25) is 0 Å². The number of anilines is 3. The highest BCUT2D eigenvalue weighted by molar-refractivity contribution is 7.16. The smallest absolute Gasteiger partial charge is 0.205 e. The van der Waals surface area contributed by atoms with Gasteiger partial charge in [0.1, 0.15) is 0 Å². The molecule has 5 rings (SSSR count). The van der Waals surface area contributed by atoms with E-state index in [1.807, 2.05) is 23.7 Å². The predicted molar refractivity (Wildman–Crippen MR) is 119 cm³/mol. The number of H-pyrrole nitrogens is 1. The van der Waals surface area contributed by atoms with Crippen LogP contribution in [-0.4, -0.2) is 41.3 Å².